The maximum Gasteiger partial charge on any atom is 0.338 e. The molecule has 0 bridgehead atoms. The number of anilines is 2. The number of sulfonamides is 1. The van der Waals surface area contributed by atoms with Crippen molar-refractivity contribution in [3.05, 3.63) is 87.5 Å². The molecule has 178 valence electrons. The van der Waals surface area contributed by atoms with Crippen molar-refractivity contribution in [3.63, 3.8) is 0 Å². The summed E-state index contributed by atoms with van der Waals surface area (Å²) < 4.78 is 34.2. The maximum absolute atomic E-state index is 12.8. The van der Waals surface area contributed by atoms with Crippen LogP contribution in [0.5, 0.6) is 0 Å². The first-order chi connectivity index (χ1) is 16.3. The van der Waals surface area contributed by atoms with Gasteiger partial charge < -0.3 is 10.1 Å². The van der Waals surface area contributed by atoms with Gasteiger partial charge in [0.1, 0.15) is 0 Å². The van der Waals surface area contributed by atoms with Crippen LogP contribution in [0.15, 0.2) is 77.7 Å². The molecule has 0 aromatic heterocycles. The Morgan fingerprint density at radius 2 is 1.62 bits per heavy atom. The van der Waals surface area contributed by atoms with Gasteiger partial charge in [0.2, 0.25) is 0 Å². The summed E-state index contributed by atoms with van der Waals surface area (Å²) >= 11 is 2.15. The topological polar surface area (TPSA) is 102 Å². The van der Waals surface area contributed by atoms with Crippen LogP contribution in [0.25, 0.3) is 0 Å². The smallest absolute Gasteiger partial charge is 0.338 e. The van der Waals surface area contributed by atoms with E-state index in [1.807, 2.05) is 24.3 Å². The minimum Gasteiger partial charge on any atom is -0.452 e. The summed E-state index contributed by atoms with van der Waals surface area (Å²) in [6.45, 7) is 1.62. The second-order valence-corrected chi connectivity index (χ2v) is 10.5. The van der Waals surface area contributed by atoms with Crippen molar-refractivity contribution in [2.45, 2.75) is 31.1 Å². The van der Waals surface area contributed by atoms with Crippen LogP contribution in [0, 0.1) is 3.57 Å². The van der Waals surface area contributed by atoms with Crippen molar-refractivity contribution in [3.8, 4) is 0 Å². The number of hydrogen-bond acceptors (Lipinski definition) is 5. The lowest BCUT2D eigenvalue weighted by molar-refractivity contribution is -0.119. The van der Waals surface area contributed by atoms with Crippen molar-refractivity contribution >= 4 is 55.9 Å². The molecule has 0 atom stereocenters. The fourth-order valence-electron chi connectivity index (χ4n) is 3.07. The molecule has 0 aliphatic rings. The zero-order valence-corrected chi connectivity index (χ0v) is 21.6. The molecule has 0 spiro atoms. The van der Waals surface area contributed by atoms with Crippen LogP contribution in [0.1, 0.15) is 35.7 Å². The van der Waals surface area contributed by atoms with E-state index in [1.54, 1.807) is 24.3 Å². The number of halogens is 1. The molecule has 3 aromatic carbocycles. The summed E-state index contributed by atoms with van der Waals surface area (Å²) in [6.07, 6.45) is 3.10. The molecule has 0 heterocycles. The van der Waals surface area contributed by atoms with Crippen LogP contribution in [0.3, 0.4) is 0 Å². The fraction of sp³-hybridized carbons (Fsp3) is 0.200. The molecule has 34 heavy (non-hydrogen) atoms. The van der Waals surface area contributed by atoms with Gasteiger partial charge in [-0.15, -0.1) is 0 Å². The second kappa shape index (κ2) is 12.0. The summed E-state index contributed by atoms with van der Waals surface area (Å²) in [6, 6.07) is 19.8. The van der Waals surface area contributed by atoms with E-state index in [0.717, 1.165) is 28.4 Å². The highest BCUT2D eigenvalue weighted by Gasteiger charge is 2.18. The molecule has 0 saturated heterocycles. The molecule has 0 fully saturated rings. The molecule has 3 aromatic rings. The van der Waals surface area contributed by atoms with Gasteiger partial charge in [0.15, 0.2) is 6.61 Å². The Morgan fingerprint density at radius 3 is 2.29 bits per heavy atom. The van der Waals surface area contributed by atoms with Crippen molar-refractivity contribution in [2.75, 3.05) is 16.6 Å². The second-order valence-electron chi connectivity index (χ2n) is 7.57. The first-order valence-corrected chi connectivity index (χ1v) is 13.3. The Morgan fingerprint density at radius 1 is 0.941 bits per heavy atom. The zero-order chi connectivity index (χ0) is 24.6. The quantitative estimate of drug-likeness (QED) is 0.248. The van der Waals surface area contributed by atoms with Gasteiger partial charge in [-0.05, 0) is 95.6 Å². The normalized spacial score (nSPS) is 11.0. The number of amides is 1. The summed E-state index contributed by atoms with van der Waals surface area (Å²) in [5, 5.41) is 2.63. The van der Waals surface area contributed by atoms with E-state index >= 15 is 0 Å². The molecule has 1 amide bonds. The SMILES string of the molecule is CCCCc1ccc(NS(=O)(=O)c2cccc(C(=O)OCC(=O)Nc3ccc(I)cc3)c2)cc1. The average Bonchev–Trinajstić information content (AvgIpc) is 2.83. The molecular weight excluding hydrogens is 567 g/mol. The fourth-order valence-corrected chi connectivity index (χ4v) is 4.53. The van der Waals surface area contributed by atoms with Crippen LogP contribution in [-0.4, -0.2) is 26.9 Å². The van der Waals surface area contributed by atoms with E-state index in [2.05, 4.69) is 39.6 Å². The number of aryl methyl sites for hydroxylation is 1. The van der Waals surface area contributed by atoms with E-state index in [1.165, 1.54) is 24.3 Å². The van der Waals surface area contributed by atoms with Gasteiger partial charge in [-0.2, -0.15) is 0 Å². The van der Waals surface area contributed by atoms with E-state index < -0.39 is 28.5 Å². The third kappa shape index (κ3) is 7.56. The van der Waals surface area contributed by atoms with Gasteiger partial charge in [0.05, 0.1) is 10.5 Å². The standard InChI is InChI=1S/C25H25IN2O5S/c1-2-3-5-18-8-12-22(13-9-18)28-34(31,32)23-7-4-6-19(16-23)25(30)33-17-24(29)27-21-14-10-20(26)11-15-21/h4,6-16,28H,2-3,5,17H2,1H3,(H,27,29). The first-order valence-electron chi connectivity index (χ1n) is 10.7. The lowest BCUT2D eigenvalue weighted by Gasteiger charge is -2.10. The molecule has 0 aliphatic carbocycles. The lowest BCUT2D eigenvalue weighted by Crippen LogP contribution is -2.21. The predicted molar refractivity (Wildman–Crippen MR) is 140 cm³/mol. The monoisotopic (exact) mass is 592 g/mol. The van der Waals surface area contributed by atoms with Crippen molar-refractivity contribution < 1.29 is 22.7 Å². The first kappa shape index (κ1) is 25.7. The number of hydrogen-bond donors (Lipinski definition) is 2. The highest BCUT2D eigenvalue weighted by Crippen LogP contribution is 2.19. The number of rotatable bonds is 10. The molecule has 7 nitrogen and oxygen atoms in total. The third-order valence-electron chi connectivity index (χ3n) is 4.87. The average molecular weight is 592 g/mol. The molecule has 0 saturated carbocycles. The molecule has 9 heteroatoms. The number of carbonyl (C=O) groups is 2. The van der Waals surface area contributed by atoms with E-state index in [4.69, 9.17) is 4.74 Å². The van der Waals surface area contributed by atoms with Gasteiger partial charge in [-0.1, -0.05) is 31.5 Å². The van der Waals surface area contributed by atoms with Crippen LogP contribution >= 0.6 is 22.6 Å². The van der Waals surface area contributed by atoms with Gasteiger partial charge in [0, 0.05) is 14.9 Å². The van der Waals surface area contributed by atoms with E-state index in [9.17, 15) is 18.0 Å². The highest BCUT2D eigenvalue weighted by atomic mass is 127. The summed E-state index contributed by atoms with van der Waals surface area (Å²) in [7, 11) is -3.91. The number of unbranched alkanes of at least 4 members (excludes halogenated alkanes) is 1. The summed E-state index contributed by atoms with van der Waals surface area (Å²) in [4.78, 5) is 24.4. The van der Waals surface area contributed by atoms with Gasteiger partial charge >= 0.3 is 5.97 Å². The molecule has 0 aliphatic heterocycles. The van der Waals surface area contributed by atoms with Crippen LogP contribution in [0.2, 0.25) is 0 Å². The van der Waals surface area contributed by atoms with Crippen molar-refractivity contribution in [1.29, 1.82) is 0 Å². The minimum atomic E-state index is -3.91. The Hall–Kier alpha value is -2.92. The van der Waals surface area contributed by atoms with Gasteiger partial charge in [-0.3, -0.25) is 9.52 Å². The molecule has 2 N–H and O–H groups in total. The lowest BCUT2D eigenvalue weighted by atomic mass is 10.1. The van der Waals surface area contributed by atoms with E-state index in [-0.39, 0.29) is 10.5 Å². The Bertz CT molecular complexity index is 1240. The maximum atomic E-state index is 12.8. The zero-order valence-electron chi connectivity index (χ0n) is 18.6. The van der Waals surface area contributed by atoms with Crippen LogP contribution < -0.4 is 10.0 Å². The summed E-state index contributed by atoms with van der Waals surface area (Å²) in [5.41, 5.74) is 2.18. The Labute approximate surface area is 213 Å². The van der Waals surface area contributed by atoms with Crippen LogP contribution in [0.4, 0.5) is 11.4 Å². The largest absolute Gasteiger partial charge is 0.452 e. The number of carbonyl (C=O) groups excluding carboxylic acids is 2. The van der Waals surface area contributed by atoms with Gasteiger partial charge in [0.25, 0.3) is 15.9 Å². The summed E-state index contributed by atoms with van der Waals surface area (Å²) in [5.74, 6) is -1.29. The number of nitrogens with one attached hydrogen (secondary N) is 2. The predicted octanol–water partition coefficient (Wildman–Crippen LogP) is 5.23. The molecular formula is C25H25IN2O5S. The number of esters is 1. The highest BCUT2D eigenvalue weighted by molar-refractivity contribution is 14.1. The van der Waals surface area contributed by atoms with E-state index in [0.29, 0.717) is 11.4 Å². The number of ether oxygens (including phenoxy) is 1. The van der Waals surface area contributed by atoms with Crippen molar-refractivity contribution in [2.24, 2.45) is 0 Å². The Kier molecular flexibility index (Phi) is 9.05. The number of benzene rings is 3. The Balaban J connectivity index is 1.60. The third-order valence-corrected chi connectivity index (χ3v) is 6.97. The minimum absolute atomic E-state index is 0.0276. The van der Waals surface area contributed by atoms with Gasteiger partial charge in [-0.25, -0.2) is 13.2 Å². The molecule has 0 unspecified atom stereocenters. The molecule has 3 rings (SSSR count). The van der Waals surface area contributed by atoms with Crippen molar-refractivity contribution in [1.82, 2.24) is 0 Å². The molecule has 0 radical (unpaired) electrons. The van der Waals surface area contributed by atoms with Crippen LogP contribution in [-0.2, 0) is 26.0 Å².